The molecule has 0 radical (unpaired) electrons. The molecule has 1 atom stereocenters. The first-order valence-corrected chi connectivity index (χ1v) is 11.7. The van der Waals surface area contributed by atoms with Crippen LogP contribution in [0.5, 0.6) is 0 Å². The van der Waals surface area contributed by atoms with Gasteiger partial charge in [-0.3, -0.25) is 9.48 Å². The van der Waals surface area contributed by atoms with Crippen LogP contribution in [0.1, 0.15) is 40.3 Å². The van der Waals surface area contributed by atoms with Crippen molar-refractivity contribution in [3.05, 3.63) is 89.1 Å². The molecule has 8 nitrogen and oxygen atoms in total. The number of nitrogen functional groups attached to an aromatic ring is 1. The highest BCUT2D eigenvalue weighted by Gasteiger charge is 2.21. The average Bonchev–Trinajstić information content (AvgIpc) is 3.47. The number of nitrogens with two attached hydrogens (primary N) is 1. The van der Waals surface area contributed by atoms with E-state index in [1.165, 1.54) is 23.7 Å². The number of aryl methyl sites for hydroxylation is 1. The van der Waals surface area contributed by atoms with Crippen molar-refractivity contribution in [3.8, 4) is 23.0 Å². The molecular weight excluding hydrogens is 458 g/mol. The number of benzene rings is 1. The minimum absolute atomic E-state index is 0.0824. The Labute approximate surface area is 205 Å². The highest BCUT2D eigenvalue weighted by Crippen LogP contribution is 2.34. The number of thiophene rings is 1. The Morgan fingerprint density at radius 1 is 1.17 bits per heavy atom. The lowest BCUT2D eigenvalue weighted by molar-refractivity contribution is 0.0935. The number of aromatic nitrogens is 5. The van der Waals surface area contributed by atoms with Crippen molar-refractivity contribution in [1.82, 2.24) is 30.0 Å². The third kappa shape index (κ3) is 4.60. The molecular formula is C26H21N7OS. The molecule has 172 valence electrons. The molecule has 1 amide bonds. The summed E-state index contributed by atoms with van der Waals surface area (Å²) in [6.45, 7) is 1.89. The number of anilines is 1. The Morgan fingerprint density at radius 2 is 1.97 bits per heavy atom. The predicted molar refractivity (Wildman–Crippen MR) is 137 cm³/mol. The Hall–Kier alpha value is -4.55. The van der Waals surface area contributed by atoms with Gasteiger partial charge in [0.1, 0.15) is 4.83 Å². The van der Waals surface area contributed by atoms with Crippen LogP contribution < -0.4 is 11.1 Å². The van der Waals surface area contributed by atoms with Gasteiger partial charge >= 0.3 is 0 Å². The van der Waals surface area contributed by atoms with Crippen LogP contribution >= 0.6 is 11.3 Å². The summed E-state index contributed by atoms with van der Waals surface area (Å²) in [5, 5.41) is 10.1. The van der Waals surface area contributed by atoms with E-state index < -0.39 is 11.9 Å². The summed E-state index contributed by atoms with van der Waals surface area (Å²) >= 11 is 1.52. The Bertz CT molecular complexity index is 1590. The molecule has 0 aliphatic carbocycles. The van der Waals surface area contributed by atoms with Gasteiger partial charge in [0.25, 0.3) is 5.91 Å². The molecule has 3 N–H and O–H groups in total. The number of nitrogens with one attached hydrogen (secondary N) is 1. The minimum Gasteiger partial charge on any atom is -0.382 e. The summed E-state index contributed by atoms with van der Waals surface area (Å²) in [5.74, 6) is 6.10. The molecule has 4 aromatic heterocycles. The van der Waals surface area contributed by atoms with Gasteiger partial charge in [0, 0.05) is 47.5 Å². The molecule has 0 bridgehead atoms. The Balaban J connectivity index is 1.56. The van der Waals surface area contributed by atoms with E-state index in [-0.39, 0.29) is 11.5 Å². The van der Waals surface area contributed by atoms with Crippen LogP contribution in [0.3, 0.4) is 0 Å². The van der Waals surface area contributed by atoms with E-state index in [0.717, 1.165) is 38.2 Å². The van der Waals surface area contributed by atoms with Gasteiger partial charge in [0.2, 0.25) is 0 Å². The predicted octanol–water partition coefficient (Wildman–Crippen LogP) is 3.96. The van der Waals surface area contributed by atoms with Gasteiger partial charge in [-0.05, 0) is 18.6 Å². The number of nitrogens with zero attached hydrogens (tertiary/aromatic N) is 5. The van der Waals surface area contributed by atoms with Crippen LogP contribution in [0.25, 0.3) is 21.3 Å². The van der Waals surface area contributed by atoms with Crippen molar-refractivity contribution in [2.45, 2.75) is 13.0 Å². The lowest BCUT2D eigenvalue weighted by Gasteiger charge is -2.18. The van der Waals surface area contributed by atoms with Gasteiger partial charge in [-0.1, -0.05) is 42.2 Å². The quantitative estimate of drug-likeness (QED) is 0.378. The van der Waals surface area contributed by atoms with Gasteiger partial charge < -0.3 is 11.1 Å². The van der Waals surface area contributed by atoms with Gasteiger partial charge in [-0.2, -0.15) is 5.10 Å². The number of hydrogen-bond acceptors (Lipinski definition) is 7. The molecule has 9 heteroatoms. The summed E-state index contributed by atoms with van der Waals surface area (Å²) in [6, 6.07) is 11.6. The molecule has 0 saturated carbocycles. The van der Waals surface area contributed by atoms with Crippen LogP contribution in [0.2, 0.25) is 0 Å². The lowest BCUT2D eigenvalue weighted by Crippen LogP contribution is -2.29. The highest BCUT2D eigenvalue weighted by atomic mass is 32.1. The zero-order valence-corrected chi connectivity index (χ0v) is 19.9. The van der Waals surface area contributed by atoms with Crippen LogP contribution in [0.4, 0.5) is 5.82 Å². The fourth-order valence-electron chi connectivity index (χ4n) is 3.73. The normalized spacial score (nSPS) is 11.6. The summed E-state index contributed by atoms with van der Waals surface area (Å²) in [6.07, 6.45) is 6.50. The number of amides is 1. The highest BCUT2D eigenvalue weighted by molar-refractivity contribution is 7.17. The minimum atomic E-state index is -0.407. The molecule has 4 heterocycles. The fourth-order valence-corrected chi connectivity index (χ4v) is 4.59. The molecule has 5 aromatic rings. The van der Waals surface area contributed by atoms with Crippen LogP contribution in [0, 0.1) is 11.8 Å². The van der Waals surface area contributed by atoms with Crippen molar-refractivity contribution >= 4 is 33.3 Å². The maximum Gasteiger partial charge on any atom is 0.274 e. The second-order valence-electron chi connectivity index (χ2n) is 7.93. The number of hydrogen-bond donors (Lipinski definition) is 2. The molecule has 0 fully saturated rings. The molecule has 5 rings (SSSR count). The molecule has 1 aromatic carbocycles. The van der Waals surface area contributed by atoms with Crippen molar-refractivity contribution in [1.29, 1.82) is 0 Å². The topological polar surface area (TPSA) is 112 Å². The van der Waals surface area contributed by atoms with Gasteiger partial charge in [0.05, 0.1) is 23.5 Å². The monoisotopic (exact) mass is 479 g/mol. The smallest absolute Gasteiger partial charge is 0.274 e. The van der Waals surface area contributed by atoms with E-state index in [9.17, 15) is 4.79 Å². The van der Waals surface area contributed by atoms with Crippen molar-refractivity contribution < 1.29 is 4.79 Å². The Kier molecular flexibility index (Phi) is 5.95. The van der Waals surface area contributed by atoms with E-state index in [2.05, 4.69) is 38.3 Å². The molecule has 0 spiro atoms. The second kappa shape index (κ2) is 9.37. The molecule has 0 saturated heterocycles. The zero-order chi connectivity index (χ0) is 24.4. The largest absolute Gasteiger partial charge is 0.382 e. The number of rotatable bonds is 4. The first-order valence-electron chi connectivity index (χ1n) is 10.8. The fraction of sp³-hybridized carbons (Fsp3) is 0.115. The number of carbonyl (C=O) groups is 1. The van der Waals surface area contributed by atoms with Gasteiger partial charge in [0.15, 0.2) is 11.5 Å². The summed E-state index contributed by atoms with van der Waals surface area (Å²) < 4.78 is 1.72. The van der Waals surface area contributed by atoms with E-state index in [1.54, 1.807) is 10.9 Å². The third-order valence-electron chi connectivity index (χ3n) is 5.43. The maximum absolute atomic E-state index is 12.8. The van der Waals surface area contributed by atoms with Gasteiger partial charge in [-0.15, -0.1) is 11.3 Å². The lowest BCUT2D eigenvalue weighted by atomic mass is 9.98. The average molecular weight is 480 g/mol. The van der Waals surface area contributed by atoms with Crippen molar-refractivity contribution in [2.75, 3.05) is 5.73 Å². The summed E-state index contributed by atoms with van der Waals surface area (Å²) in [7, 11) is 1.86. The van der Waals surface area contributed by atoms with E-state index >= 15 is 0 Å². The number of carbonyl (C=O) groups excluding carboxylic acids is 1. The van der Waals surface area contributed by atoms with Crippen molar-refractivity contribution in [3.63, 3.8) is 0 Å². The zero-order valence-electron chi connectivity index (χ0n) is 19.1. The maximum atomic E-state index is 12.8. The summed E-state index contributed by atoms with van der Waals surface area (Å²) in [5.41, 5.74) is 10.3. The number of fused-ring (bicyclic) bond motifs is 1. The van der Waals surface area contributed by atoms with E-state index in [0.29, 0.717) is 0 Å². The van der Waals surface area contributed by atoms with Gasteiger partial charge in [-0.25, -0.2) is 15.0 Å². The molecule has 0 unspecified atom stereocenters. The first-order chi connectivity index (χ1) is 17.0. The SMILES string of the molecule is C[C@H](NC(=O)c1nccnc1N)c1nc2scc(C#Cc3cnn(C)c3)c2cc1-c1ccccc1. The summed E-state index contributed by atoms with van der Waals surface area (Å²) in [4.78, 5) is 26.7. The van der Waals surface area contributed by atoms with Crippen LogP contribution in [0.15, 0.2) is 66.6 Å². The van der Waals surface area contributed by atoms with Crippen LogP contribution in [-0.4, -0.2) is 30.6 Å². The third-order valence-corrected chi connectivity index (χ3v) is 6.31. The first kappa shape index (κ1) is 22.3. The Morgan fingerprint density at radius 3 is 2.71 bits per heavy atom. The van der Waals surface area contributed by atoms with Crippen molar-refractivity contribution in [2.24, 2.45) is 7.05 Å². The second-order valence-corrected chi connectivity index (χ2v) is 8.79. The van der Waals surface area contributed by atoms with E-state index in [4.69, 9.17) is 10.7 Å². The van der Waals surface area contributed by atoms with E-state index in [1.807, 2.05) is 55.9 Å². The number of pyridine rings is 1. The molecule has 35 heavy (non-hydrogen) atoms. The van der Waals surface area contributed by atoms with Crippen LogP contribution in [-0.2, 0) is 7.05 Å². The molecule has 0 aliphatic rings. The standard InChI is InChI=1S/C26H21N7OS/c1-16(31-25(34)23-24(27)29-11-10-28-23)22-20(18-6-4-3-5-7-18)12-21-19(15-35-26(21)32-22)9-8-17-13-30-33(2)14-17/h3-7,10-16H,1-2H3,(H2,27,29)(H,31,34)/t16-/m0/s1. The molecule has 0 aliphatic heterocycles.